The summed E-state index contributed by atoms with van der Waals surface area (Å²) in [7, 11) is 0. The number of morpholine rings is 1. The SMILES string of the molecule is O=C(CN1CCO[C@@H](c2ccccc2)C1)N1CCc2sccc2C1. The highest BCUT2D eigenvalue weighted by Crippen LogP contribution is 2.25. The maximum absolute atomic E-state index is 12.7. The Bertz CT molecular complexity index is 700. The van der Waals surface area contributed by atoms with Crippen LogP contribution in [0.5, 0.6) is 0 Å². The van der Waals surface area contributed by atoms with Crippen LogP contribution in [0.4, 0.5) is 0 Å². The summed E-state index contributed by atoms with van der Waals surface area (Å²) in [4.78, 5) is 18.4. The molecule has 1 saturated heterocycles. The van der Waals surface area contributed by atoms with E-state index in [0.717, 1.165) is 32.6 Å². The lowest BCUT2D eigenvalue weighted by molar-refractivity contribution is -0.135. The number of fused-ring (bicyclic) bond motifs is 1. The molecule has 1 amide bonds. The van der Waals surface area contributed by atoms with E-state index in [1.165, 1.54) is 16.0 Å². The van der Waals surface area contributed by atoms with E-state index in [4.69, 9.17) is 4.74 Å². The summed E-state index contributed by atoms with van der Waals surface area (Å²) in [5.74, 6) is 0.237. The van der Waals surface area contributed by atoms with Gasteiger partial charge in [-0.25, -0.2) is 0 Å². The number of carbonyl (C=O) groups excluding carboxylic acids is 1. The molecule has 2 aromatic rings. The highest BCUT2D eigenvalue weighted by atomic mass is 32.1. The second-order valence-corrected chi connectivity index (χ2v) is 7.44. The topological polar surface area (TPSA) is 32.8 Å². The Kier molecular flexibility index (Phi) is 4.65. The predicted molar refractivity (Wildman–Crippen MR) is 95.0 cm³/mol. The van der Waals surface area contributed by atoms with Crippen molar-refractivity contribution in [3.8, 4) is 0 Å². The van der Waals surface area contributed by atoms with E-state index in [1.807, 2.05) is 34.4 Å². The number of benzene rings is 1. The van der Waals surface area contributed by atoms with E-state index in [2.05, 4.69) is 28.5 Å². The molecule has 126 valence electrons. The fourth-order valence-electron chi connectivity index (χ4n) is 3.47. The number of ether oxygens (including phenoxy) is 1. The van der Waals surface area contributed by atoms with Gasteiger partial charge in [0, 0.05) is 31.1 Å². The van der Waals surface area contributed by atoms with E-state index < -0.39 is 0 Å². The maximum Gasteiger partial charge on any atom is 0.237 e. The highest BCUT2D eigenvalue weighted by molar-refractivity contribution is 7.10. The van der Waals surface area contributed by atoms with E-state index in [0.29, 0.717) is 13.2 Å². The second-order valence-electron chi connectivity index (χ2n) is 6.44. The lowest BCUT2D eigenvalue weighted by atomic mass is 10.1. The van der Waals surface area contributed by atoms with Crippen molar-refractivity contribution in [1.29, 1.82) is 0 Å². The quantitative estimate of drug-likeness (QED) is 0.860. The molecule has 1 aromatic carbocycles. The molecule has 1 fully saturated rings. The number of nitrogens with zero attached hydrogens (tertiary/aromatic N) is 2. The first-order valence-electron chi connectivity index (χ1n) is 8.51. The smallest absolute Gasteiger partial charge is 0.237 e. The Hall–Kier alpha value is -1.69. The molecule has 0 saturated carbocycles. The third-order valence-corrected chi connectivity index (χ3v) is 5.86. The average molecular weight is 342 g/mol. The van der Waals surface area contributed by atoms with Gasteiger partial charge in [0.1, 0.15) is 0 Å². The molecule has 0 radical (unpaired) electrons. The van der Waals surface area contributed by atoms with Crippen LogP contribution in [0.3, 0.4) is 0 Å². The molecule has 2 aliphatic rings. The van der Waals surface area contributed by atoms with Gasteiger partial charge < -0.3 is 9.64 Å². The molecule has 24 heavy (non-hydrogen) atoms. The van der Waals surface area contributed by atoms with Gasteiger partial charge in [-0.1, -0.05) is 30.3 Å². The number of hydrogen-bond donors (Lipinski definition) is 0. The Balaban J connectivity index is 1.36. The second kappa shape index (κ2) is 7.05. The Morgan fingerprint density at radius 2 is 2.08 bits per heavy atom. The van der Waals surface area contributed by atoms with Gasteiger partial charge in [-0.2, -0.15) is 0 Å². The van der Waals surface area contributed by atoms with Crippen LogP contribution < -0.4 is 0 Å². The van der Waals surface area contributed by atoms with Gasteiger partial charge in [0.15, 0.2) is 0 Å². The fourth-order valence-corrected chi connectivity index (χ4v) is 4.36. The van der Waals surface area contributed by atoms with Crippen molar-refractivity contribution in [1.82, 2.24) is 9.80 Å². The van der Waals surface area contributed by atoms with Gasteiger partial charge in [-0.3, -0.25) is 9.69 Å². The minimum Gasteiger partial charge on any atom is -0.371 e. The molecule has 4 nitrogen and oxygen atoms in total. The van der Waals surface area contributed by atoms with Gasteiger partial charge in [0.25, 0.3) is 0 Å². The maximum atomic E-state index is 12.7. The summed E-state index contributed by atoms with van der Waals surface area (Å²) < 4.78 is 5.89. The molecule has 0 spiro atoms. The number of hydrogen-bond acceptors (Lipinski definition) is 4. The van der Waals surface area contributed by atoms with E-state index in [9.17, 15) is 4.79 Å². The number of amides is 1. The zero-order chi connectivity index (χ0) is 16.4. The predicted octanol–water partition coefficient (Wildman–Crippen LogP) is 2.71. The molecular weight excluding hydrogens is 320 g/mol. The van der Waals surface area contributed by atoms with Gasteiger partial charge in [-0.05, 0) is 29.0 Å². The highest BCUT2D eigenvalue weighted by Gasteiger charge is 2.27. The van der Waals surface area contributed by atoms with Crippen molar-refractivity contribution in [2.45, 2.75) is 19.1 Å². The largest absolute Gasteiger partial charge is 0.371 e. The molecule has 0 N–H and O–H groups in total. The van der Waals surface area contributed by atoms with E-state index >= 15 is 0 Å². The van der Waals surface area contributed by atoms with E-state index in [-0.39, 0.29) is 12.0 Å². The standard InChI is InChI=1S/C19H22N2O2S/c22-19(21-8-6-18-16(12-21)7-11-24-18)14-20-9-10-23-17(13-20)15-4-2-1-3-5-15/h1-5,7,11,17H,6,8-10,12-14H2/t17-/m1/s1. The summed E-state index contributed by atoms with van der Waals surface area (Å²) in [5.41, 5.74) is 2.51. The van der Waals surface area contributed by atoms with Gasteiger partial charge in [-0.15, -0.1) is 11.3 Å². The fraction of sp³-hybridized carbons (Fsp3) is 0.421. The van der Waals surface area contributed by atoms with Crippen LogP contribution in [-0.2, 0) is 22.5 Å². The van der Waals surface area contributed by atoms with E-state index in [1.54, 1.807) is 0 Å². The van der Waals surface area contributed by atoms with Crippen LogP contribution in [-0.4, -0.2) is 48.5 Å². The van der Waals surface area contributed by atoms with Crippen LogP contribution in [0.2, 0.25) is 0 Å². The minimum atomic E-state index is 0.0672. The van der Waals surface area contributed by atoms with Crippen molar-refractivity contribution in [3.05, 3.63) is 57.8 Å². The zero-order valence-corrected chi connectivity index (χ0v) is 14.5. The van der Waals surface area contributed by atoms with Crippen LogP contribution in [0.15, 0.2) is 41.8 Å². The van der Waals surface area contributed by atoms with Crippen LogP contribution in [0, 0.1) is 0 Å². The molecule has 1 aromatic heterocycles. The van der Waals surface area contributed by atoms with Crippen molar-refractivity contribution in [3.63, 3.8) is 0 Å². The van der Waals surface area contributed by atoms with Gasteiger partial charge in [0.2, 0.25) is 5.91 Å². The van der Waals surface area contributed by atoms with Crippen molar-refractivity contribution in [2.75, 3.05) is 32.8 Å². The lowest BCUT2D eigenvalue weighted by Gasteiger charge is -2.35. The molecule has 1 atom stereocenters. The van der Waals surface area contributed by atoms with Gasteiger partial charge in [0.05, 0.1) is 19.3 Å². The molecular formula is C19H22N2O2S. The molecule has 0 aliphatic carbocycles. The van der Waals surface area contributed by atoms with Gasteiger partial charge >= 0.3 is 0 Å². The third kappa shape index (κ3) is 3.38. The first kappa shape index (κ1) is 15.8. The molecule has 2 aliphatic heterocycles. The normalized spacial score (nSPS) is 21.5. The zero-order valence-electron chi connectivity index (χ0n) is 13.7. The Labute approximate surface area is 146 Å². The molecule has 3 heterocycles. The first-order chi connectivity index (χ1) is 11.8. The number of rotatable bonds is 3. The molecule has 0 bridgehead atoms. The van der Waals surface area contributed by atoms with Crippen LogP contribution in [0.25, 0.3) is 0 Å². The monoisotopic (exact) mass is 342 g/mol. The Morgan fingerprint density at radius 1 is 1.21 bits per heavy atom. The summed E-state index contributed by atoms with van der Waals surface area (Å²) >= 11 is 1.81. The Morgan fingerprint density at radius 3 is 2.96 bits per heavy atom. The molecule has 5 heteroatoms. The lowest BCUT2D eigenvalue weighted by Crippen LogP contribution is -2.46. The molecule has 0 unspecified atom stereocenters. The number of thiophene rings is 1. The third-order valence-electron chi connectivity index (χ3n) is 4.84. The summed E-state index contributed by atoms with van der Waals surface area (Å²) in [5, 5.41) is 2.13. The first-order valence-corrected chi connectivity index (χ1v) is 9.39. The summed E-state index contributed by atoms with van der Waals surface area (Å²) in [6.45, 7) is 4.40. The molecule has 4 rings (SSSR count). The summed E-state index contributed by atoms with van der Waals surface area (Å²) in [6, 6.07) is 12.4. The average Bonchev–Trinajstić information content (AvgIpc) is 3.10. The number of carbonyl (C=O) groups is 1. The van der Waals surface area contributed by atoms with Crippen LogP contribution in [0.1, 0.15) is 22.1 Å². The minimum absolute atomic E-state index is 0.0672. The van der Waals surface area contributed by atoms with Crippen molar-refractivity contribution in [2.24, 2.45) is 0 Å². The van der Waals surface area contributed by atoms with Crippen molar-refractivity contribution >= 4 is 17.2 Å². The van der Waals surface area contributed by atoms with Crippen molar-refractivity contribution < 1.29 is 9.53 Å². The van der Waals surface area contributed by atoms with Crippen LogP contribution >= 0.6 is 11.3 Å². The summed E-state index contributed by atoms with van der Waals surface area (Å²) in [6.07, 6.45) is 1.06.